The minimum absolute atomic E-state index is 0.0795. The molecule has 5 fully saturated rings. The Bertz CT molecular complexity index is 574. The highest BCUT2D eigenvalue weighted by Crippen LogP contribution is 2.63. The zero-order valence-corrected chi connectivity index (χ0v) is 10.7. The first-order valence-corrected chi connectivity index (χ1v) is 6.73. The van der Waals surface area contributed by atoms with Gasteiger partial charge in [-0.3, -0.25) is 0 Å². The zero-order chi connectivity index (χ0) is 14.8. The summed E-state index contributed by atoms with van der Waals surface area (Å²) in [4.78, 5) is 4.09. The number of aliphatic hydroxyl groups is 4. The molecule has 6 unspecified atom stereocenters. The Morgan fingerprint density at radius 3 is 2.71 bits per heavy atom. The fourth-order valence-corrected chi connectivity index (χ4v) is 4.65. The number of nitrogens with one attached hydrogen (secondary N) is 1. The Morgan fingerprint density at radius 1 is 1.29 bits per heavy atom. The van der Waals surface area contributed by atoms with Crippen molar-refractivity contribution in [3.05, 3.63) is 0 Å². The van der Waals surface area contributed by atoms with E-state index in [4.69, 9.17) is 19.9 Å². The number of hydrogen-bond acceptors (Lipinski definition) is 10. The second-order valence-electron chi connectivity index (χ2n) is 6.31. The molecule has 5 aliphatic heterocycles. The third-order valence-electron chi connectivity index (χ3n) is 5.44. The number of guanidine groups is 1. The molecule has 7 N–H and O–H groups in total. The summed E-state index contributed by atoms with van der Waals surface area (Å²) < 4.78 is 16.4. The Balaban J connectivity index is 1.77. The number of ether oxygens (including phenoxy) is 3. The van der Waals surface area contributed by atoms with Gasteiger partial charge in [-0.15, -0.1) is 0 Å². The van der Waals surface area contributed by atoms with E-state index in [9.17, 15) is 20.4 Å². The number of rotatable bonds is 1. The lowest BCUT2D eigenvalue weighted by Crippen LogP contribution is -2.92. The van der Waals surface area contributed by atoms with E-state index in [2.05, 4.69) is 10.3 Å². The third kappa shape index (κ3) is 1.03. The highest BCUT2D eigenvalue weighted by atomic mass is 16.9. The van der Waals surface area contributed by atoms with E-state index in [1.807, 2.05) is 0 Å². The Labute approximate surface area is 118 Å². The summed E-state index contributed by atoms with van der Waals surface area (Å²) >= 11 is 0. The van der Waals surface area contributed by atoms with Crippen LogP contribution in [-0.4, -0.2) is 80.7 Å². The van der Waals surface area contributed by atoms with Crippen molar-refractivity contribution >= 4 is 5.96 Å². The van der Waals surface area contributed by atoms with Gasteiger partial charge in [-0.25, -0.2) is 4.99 Å². The summed E-state index contributed by atoms with van der Waals surface area (Å²) in [6, 6.07) is 0. The number of hydrogen-bond donors (Lipinski definition) is 6. The van der Waals surface area contributed by atoms with Crippen LogP contribution in [0.25, 0.3) is 0 Å². The van der Waals surface area contributed by atoms with Crippen molar-refractivity contribution in [2.45, 2.75) is 47.8 Å². The van der Waals surface area contributed by atoms with Crippen molar-refractivity contribution < 1.29 is 34.6 Å². The molecule has 0 aromatic heterocycles. The number of aliphatic imine (C=N–C) groups is 1. The maximum Gasteiger partial charge on any atom is 0.311 e. The molecular formula is C11H15N3O7. The SMILES string of the molecule is NC1=NC2OC3C4(O)OC5C2[C@@]3(N1)[C@H](O)C(O4)[C@]5(O)CO. The van der Waals surface area contributed by atoms with E-state index >= 15 is 0 Å². The summed E-state index contributed by atoms with van der Waals surface area (Å²) in [5, 5.41) is 44.4. The summed E-state index contributed by atoms with van der Waals surface area (Å²) in [5.41, 5.74) is 2.70. The van der Waals surface area contributed by atoms with Gasteiger partial charge in [-0.05, 0) is 0 Å². The molecule has 4 saturated heterocycles. The van der Waals surface area contributed by atoms with Crippen LogP contribution in [0.4, 0.5) is 0 Å². The molecule has 10 nitrogen and oxygen atoms in total. The van der Waals surface area contributed by atoms with Crippen molar-refractivity contribution in [1.82, 2.24) is 5.32 Å². The molecule has 6 aliphatic rings. The molecule has 21 heavy (non-hydrogen) atoms. The first-order chi connectivity index (χ1) is 9.87. The molecule has 0 amide bonds. The Morgan fingerprint density at radius 2 is 2.00 bits per heavy atom. The minimum atomic E-state index is -2.13. The topological polar surface area (TPSA) is 159 Å². The van der Waals surface area contributed by atoms with Gasteiger partial charge < -0.3 is 45.7 Å². The van der Waals surface area contributed by atoms with Gasteiger partial charge in [-0.1, -0.05) is 0 Å². The van der Waals surface area contributed by atoms with Gasteiger partial charge in [0.15, 0.2) is 18.3 Å². The standard InChI is InChI=1S/C11H15N3O7/c12-8-13-6-2-4-9(17,1-15)5-3(16)10(2,14-8)7(19-6)11(18,20-4)21-5/h2-7,15-18H,1H2,(H3,12,13,14)/t2?,3-,4?,5?,6?,7?,9+,10-,11?/m1/s1. The second kappa shape index (κ2) is 3.18. The summed E-state index contributed by atoms with van der Waals surface area (Å²) in [6.07, 6.45) is -5.35. The van der Waals surface area contributed by atoms with Gasteiger partial charge >= 0.3 is 5.97 Å². The van der Waals surface area contributed by atoms with Crippen LogP contribution in [0.15, 0.2) is 4.99 Å². The van der Waals surface area contributed by atoms with E-state index in [0.29, 0.717) is 0 Å². The van der Waals surface area contributed by atoms with E-state index in [1.165, 1.54) is 0 Å². The maximum absolute atomic E-state index is 10.7. The van der Waals surface area contributed by atoms with Crippen LogP contribution >= 0.6 is 0 Å². The predicted molar refractivity (Wildman–Crippen MR) is 62.4 cm³/mol. The monoisotopic (exact) mass is 301 g/mol. The predicted octanol–water partition coefficient (Wildman–Crippen LogP) is -4.47. The van der Waals surface area contributed by atoms with E-state index in [1.54, 1.807) is 0 Å². The zero-order valence-electron chi connectivity index (χ0n) is 10.7. The molecule has 7 bridgehead atoms. The summed E-state index contributed by atoms with van der Waals surface area (Å²) in [5.74, 6) is -2.66. The third-order valence-corrected chi connectivity index (χ3v) is 5.44. The highest BCUT2D eigenvalue weighted by Gasteiger charge is 2.86. The van der Waals surface area contributed by atoms with Crippen molar-refractivity contribution in [1.29, 1.82) is 0 Å². The van der Waals surface area contributed by atoms with Crippen LogP contribution in [0.1, 0.15) is 0 Å². The smallest absolute Gasteiger partial charge is 0.311 e. The van der Waals surface area contributed by atoms with E-state index in [0.717, 1.165) is 0 Å². The van der Waals surface area contributed by atoms with Crippen molar-refractivity contribution in [2.75, 3.05) is 6.61 Å². The number of nitrogens with zero attached hydrogens (tertiary/aromatic N) is 1. The Hall–Kier alpha value is -1.01. The van der Waals surface area contributed by atoms with Crippen LogP contribution in [0.5, 0.6) is 0 Å². The first-order valence-electron chi connectivity index (χ1n) is 6.73. The van der Waals surface area contributed by atoms with Gasteiger partial charge in [0.1, 0.15) is 29.5 Å². The molecule has 1 saturated carbocycles. The van der Waals surface area contributed by atoms with Crippen LogP contribution in [0, 0.1) is 5.92 Å². The first kappa shape index (κ1) is 12.5. The van der Waals surface area contributed by atoms with Crippen LogP contribution in [0.2, 0.25) is 0 Å². The lowest BCUT2D eigenvalue weighted by Gasteiger charge is -2.68. The largest absolute Gasteiger partial charge is 0.393 e. The molecule has 0 aromatic rings. The molecule has 1 aliphatic carbocycles. The molecule has 116 valence electrons. The summed E-state index contributed by atoms with van der Waals surface area (Å²) in [6.45, 7) is -0.696. The fraction of sp³-hybridized carbons (Fsp3) is 0.909. The average molecular weight is 301 g/mol. The molecule has 0 radical (unpaired) electrons. The Kier molecular flexibility index (Phi) is 1.89. The molecule has 9 atom stereocenters. The van der Waals surface area contributed by atoms with Gasteiger partial charge in [0.05, 0.1) is 12.5 Å². The van der Waals surface area contributed by atoms with Crippen molar-refractivity contribution in [3.63, 3.8) is 0 Å². The lowest BCUT2D eigenvalue weighted by atomic mass is 9.56. The molecule has 10 heteroatoms. The van der Waals surface area contributed by atoms with Crippen molar-refractivity contribution in [3.8, 4) is 0 Å². The number of aliphatic hydroxyl groups excluding tert-OH is 2. The van der Waals surface area contributed by atoms with E-state index in [-0.39, 0.29) is 5.96 Å². The molecule has 5 heterocycles. The minimum Gasteiger partial charge on any atom is -0.393 e. The van der Waals surface area contributed by atoms with Crippen LogP contribution in [-0.2, 0) is 14.2 Å². The van der Waals surface area contributed by atoms with Crippen LogP contribution in [0.3, 0.4) is 0 Å². The van der Waals surface area contributed by atoms with Gasteiger partial charge in [-0.2, -0.15) is 0 Å². The summed E-state index contributed by atoms with van der Waals surface area (Å²) in [7, 11) is 0. The van der Waals surface area contributed by atoms with Gasteiger partial charge in [0.2, 0.25) is 0 Å². The lowest BCUT2D eigenvalue weighted by molar-refractivity contribution is -0.529. The van der Waals surface area contributed by atoms with Crippen molar-refractivity contribution in [2.24, 2.45) is 16.6 Å². The van der Waals surface area contributed by atoms with Gasteiger partial charge in [0, 0.05) is 0 Å². The molecule has 1 spiro atoms. The van der Waals surface area contributed by atoms with Gasteiger partial charge in [0.25, 0.3) is 0 Å². The average Bonchev–Trinajstić information content (AvgIpc) is 2.59. The second-order valence-corrected chi connectivity index (χ2v) is 6.31. The normalized spacial score (nSPS) is 66.2. The number of nitrogens with two attached hydrogens (primary N) is 1. The highest BCUT2D eigenvalue weighted by molar-refractivity contribution is 5.80. The quantitative estimate of drug-likeness (QED) is 0.281. The molecule has 0 aromatic carbocycles. The molecule has 6 rings (SSSR count). The van der Waals surface area contributed by atoms with Crippen LogP contribution < -0.4 is 11.1 Å². The van der Waals surface area contributed by atoms with E-state index < -0.39 is 60.3 Å². The molecular weight excluding hydrogens is 286 g/mol. The fourth-order valence-electron chi connectivity index (χ4n) is 4.65. The maximum atomic E-state index is 10.7.